The van der Waals surface area contributed by atoms with Crippen LogP contribution >= 0.6 is 0 Å². The molecule has 3 N–H and O–H groups in total. The lowest BCUT2D eigenvalue weighted by Crippen LogP contribution is -2.46. The number of rotatable bonds is 1. The lowest BCUT2D eigenvalue weighted by Gasteiger charge is -2.25. The van der Waals surface area contributed by atoms with Crippen LogP contribution in [0.15, 0.2) is 0 Å². The molecule has 2 aliphatic rings. The summed E-state index contributed by atoms with van der Waals surface area (Å²) in [5.74, 6) is -0.405. The maximum atomic E-state index is 11.5. The van der Waals surface area contributed by atoms with Gasteiger partial charge in [-0.15, -0.1) is 0 Å². The Kier molecular flexibility index (Phi) is 3.00. The normalized spacial score (nSPS) is 22.4. The van der Waals surface area contributed by atoms with E-state index in [1.54, 1.807) is 4.90 Å². The molecule has 0 aromatic rings. The van der Waals surface area contributed by atoms with Gasteiger partial charge in [-0.3, -0.25) is 4.79 Å². The van der Waals surface area contributed by atoms with Crippen LogP contribution < -0.4 is 11.2 Å². The van der Waals surface area contributed by atoms with Crippen molar-refractivity contribution >= 4 is 12.0 Å². The standard InChI is InChI=1S/C10H17N3O3/c11-10(4-5-10)8(14)12-16-9(15)13-6-2-1-3-7-13/h1-7,11H2,(H,12,14). The third kappa shape index (κ3) is 2.44. The topological polar surface area (TPSA) is 84.7 Å². The van der Waals surface area contributed by atoms with E-state index >= 15 is 0 Å². The minimum absolute atomic E-state index is 0.405. The van der Waals surface area contributed by atoms with E-state index in [0.717, 1.165) is 19.3 Å². The van der Waals surface area contributed by atoms with Crippen molar-refractivity contribution in [3.05, 3.63) is 0 Å². The average molecular weight is 227 g/mol. The van der Waals surface area contributed by atoms with Crippen LogP contribution in [0.1, 0.15) is 32.1 Å². The summed E-state index contributed by atoms with van der Waals surface area (Å²) in [4.78, 5) is 29.2. The van der Waals surface area contributed by atoms with Gasteiger partial charge in [0.2, 0.25) is 0 Å². The first kappa shape index (κ1) is 11.2. The third-order valence-electron chi connectivity index (χ3n) is 3.09. The molecule has 1 heterocycles. The summed E-state index contributed by atoms with van der Waals surface area (Å²) in [6, 6.07) is 0. The van der Waals surface area contributed by atoms with Gasteiger partial charge in [-0.05, 0) is 32.1 Å². The number of nitrogens with one attached hydrogen (secondary N) is 1. The molecule has 0 aromatic carbocycles. The predicted molar refractivity (Wildman–Crippen MR) is 56.2 cm³/mol. The third-order valence-corrected chi connectivity index (χ3v) is 3.09. The van der Waals surface area contributed by atoms with Gasteiger partial charge in [0.1, 0.15) is 0 Å². The minimum Gasteiger partial charge on any atom is -0.321 e. The molecule has 2 rings (SSSR count). The molecule has 1 aliphatic carbocycles. The van der Waals surface area contributed by atoms with Gasteiger partial charge in [0.05, 0.1) is 5.54 Å². The number of piperidine rings is 1. The first-order valence-electron chi connectivity index (χ1n) is 5.67. The van der Waals surface area contributed by atoms with Gasteiger partial charge in [-0.2, -0.15) is 5.48 Å². The average Bonchev–Trinajstić information content (AvgIpc) is 3.06. The Morgan fingerprint density at radius 3 is 2.38 bits per heavy atom. The molecule has 1 saturated carbocycles. The van der Waals surface area contributed by atoms with Crippen molar-refractivity contribution in [3.63, 3.8) is 0 Å². The second-order valence-electron chi connectivity index (χ2n) is 4.50. The van der Waals surface area contributed by atoms with Gasteiger partial charge >= 0.3 is 6.09 Å². The van der Waals surface area contributed by atoms with E-state index in [0.29, 0.717) is 25.9 Å². The van der Waals surface area contributed by atoms with Crippen molar-refractivity contribution in [1.29, 1.82) is 0 Å². The molecule has 0 spiro atoms. The highest BCUT2D eigenvalue weighted by molar-refractivity contribution is 5.89. The van der Waals surface area contributed by atoms with Crippen LogP contribution in [0, 0.1) is 0 Å². The molecule has 6 heteroatoms. The zero-order valence-corrected chi connectivity index (χ0v) is 9.20. The van der Waals surface area contributed by atoms with Gasteiger partial charge in [0, 0.05) is 13.1 Å². The number of nitrogens with zero attached hydrogens (tertiary/aromatic N) is 1. The Morgan fingerprint density at radius 2 is 1.81 bits per heavy atom. The first-order chi connectivity index (χ1) is 7.62. The quantitative estimate of drug-likeness (QED) is 0.624. The Bertz CT molecular complexity index is 296. The van der Waals surface area contributed by atoms with E-state index in [2.05, 4.69) is 5.48 Å². The molecule has 2 fully saturated rings. The van der Waals surface area contributed by atoms with Crippen LogP contribution in [-0.2, 0) is 9.63 Å². The Balaban J connectivity index is 1.72. The Hall–Kier alpha value is -1.30. The monoisotopic (exact) mass is 227 g/mol. The Morgan fingerprint density at radius 1 is 1.19 bits per heavy atom. The van der Waals surface area contributed by atoms with Gasteiger partial charge in [0.15, 0.2) is 0 Å². The first-order valence-corrected chi connectivity index (χ1v) is 5.67. The van der Waals surface area contributed by atoms with Gasteiger partial charge in [0.25, 0.3) is 5.91 Å². The SMILES string of the molecule is NC1(C(=O)NOC(=O)N2CCCCC2)CC1. The zero-order valence-electron chi connectivity index (χ0n) is 9.20. The van der Waals surface area contributed by atoms with Gasteiger partial charge < -0.3 is 15.5 Å². The number of hydroxylamine groups is 1. The van der Waals surface area contributed by atoms with Crippen LogP contribution in [0.25, 0.3) is 0 Å². The van der Waals surface area contributed by atoms with Crippen LogP contribution in [0.5, 0.6) is 0 Å². The van der Waals surface area contributed by atoms with Crippen LogP contribution in [0.3, 0.4) is 0 Å². The minimum atomic E-state index is -0.803. The molecule has 6 nitrogen and oxygen atoms in total. The molecule has 1 saturated heterocycles. The molecule has 16 heavy (non-hydrogen) atoms. The van der Waals surface area contributed by atoms with Crippen molar-refractivity contribution in [2.45, 2.75) is 37.6 Å². The van der Waals surface area contributed by atoms with E-state index in [-0.39, 0.29) is 0 Å². The van der Waals surface area contributed by atoms with E-state index in [1.165, 1.54) is 0 Å². The summed E-state index contributed by atoms with van der Waals surface area (Å²) in [6.45, 7) is 1.39. The summed E-state index contributed by atoms with van der Waals surface area (Å²) >= 11 is 0. The molecule has 0 bridgehead atoms. The number of hydrogen-bond acceptors (Lipinski definition) is 4. The highest BCUT2D eigenvalue weighted by atomic mass is 16.7. The predicted octanol–water partition coefficient (Wildman–Crippen LogP) is 0.131. The number of nitrogens with two attached hydrogens (primary N) is 1. The molecule has 0 aromatic heterocycles. The highest BCUT2D eigenvalue weighted by Gasteiger charge is 2.46. The number of likely N-dealkylation sites (tertiary alicyclic amines) is 1. The summed E-state index contributed by atoms with van der Waals surface area (Å²) in [7, 11) is 0. The van der Waals surface area contributed by atoms with E-state index in [4.69, 9.17) is 10.6 Å². The molecular formula is C10H17N3O3. The van der Waals surface area contributed by atoms with Crippen LogP contribution in [-0.4, -0.2) is 35.5 Å². The number of hydrogen-bond donors (Lipinski definition) is 2. The molecule has 0 radical (unpaired) electrons. The smallest absolute Gasteiger partial charge is 0.321 e. The summed E-state index contributed by atoms with van der Waals surface area (Å²) < 4.78 is 0. The second-order valence-corrected chi connectivity index (χ2v) is 4.50. The van der Waals surface area contributed by atoms with Crippen molar-refractivity contribution in [1.82, 2.24) is 10.4 Å². The van der Waals surface area contributed by atoms with E-state index < -0.39 is 17.5 Å². The summed E-state index contributed by atoms with van der Waals surface area (Å²) in [6.07, 6.45) is 3.94. The molecule has 2 amide bonds. The maximum absolute atomic E-state index is 11.5. The second kappa shape index (κ2) is 4.29. The summed E-state index contributed by atoms with van der Waals surface area (Å²) in [5.41, 5.74) is 6.96. The van der Waals surface area contributed by atoms with Gasteiger partial charge in [-0.25, -0.2) is 4.79 Å². The number of carbonyl (C=O) groups excluding carboxylic acids is 2. The lowest BCUT2D eigenvalue weighted by atomic mass is 10.1. The fourth-order valence-electron chi connectivity index (χ4n) is 1.69. The van der Waals surface area contributed by atoms with Crippen molar-refractivity contribution in [2.24, 2.45) is 5.73 Å². The van der Waals surface area contributed by atoms with Crippen molar-refractivity contribution in [2.75, 3.05) is 13.1 Å². The van der Waals surface area contributed by atoms with Crippen LogP contribution in [0.4, 0.5) is 4.79 Å². The molecule has 90 valence electrons. The lowest BCUT2D eigenvalue weighted by molar-refractivity contribution is -0.132. The molecule has 0 unspecified atom stereocenters. The molecular weight excluding hydrogens is 210 g/mol. The molecule has 1 aliphatic heterocycles. The largest absolute Gasteiger partial charge is 0.434 e. The van der Waals surface area contributed by atoms with Crippen LogP contribution in [0.2, 0.25) is 0 Å². The fraction of sp³-hybridized carbons (Fsp3) is 0.800. The van der Waals surface area contributed by atoms with Crippen molar-refractivity contribution < 1.29 is 14.4 Å². The molecule has 0 atom stereocenters. The number of amides is 2. The van der Waals surface area contributed by atoms with Crippen molar-refractivity contribution in [3.8, 4) is 0 Å². The maximum Gasteiger partial charge on any atom is 0.434 e. The van der Waals surface area contributed by atoms with E-state index in [1.807, 2.05) is 0 Å². The van der Waals surface area contributed by atoms with E-state index in [9.17, 15) is 9.59 Å². The fourth-order valence-corrected chi connectivity index (χ4v) is 1.69. The van der Waals surface area contributed by atoms with Gasteiger partial charge in [-0.1, -0.05) is 0 Å². The number of carbonyl (C=O) groups is 2. The summed E-state index contributed by atoms with van der Waals surface area (Å²) in [5, 5.41) is 0. The zero-order chi connectivity index (χ0) is 11.6. The highest BCUT2D eigenvalue weighted by Crippen LogP contribution is 2.32. The Labute approximate surface area is 94.1 Å².